The first-order chi connectivity index (χ1) is 13.9. The lowest BCUT2D eigenvalue weighted by Crippen LogP contribution is -2.08. The first kappa shape index (κ1) is 20.8. The second kappa shape index (κ2) is 9.03. The Morgan fingerprint density at radius 3 is 2.66 bits per heavy atom. The Labute approximate surface area is 167 Å². The predicted molar refractivity (Wildman–Crippen MR) is 102 cm³/mol. The van der Waals surface area contributed by atoms with Crippen molar-refractivity contribution in [3.05, 3.63) is 57.9 Å². The lowest BCUT2D eigenvalue weighted by molar-refractivity contribution is 0.139. The molecule has 0 amide bonds. The van der Waals surface area contributed by atoms with E-state index in [-0.39, 0.29) is 6.54 Å². The average Bonchev–Trinajstić information content (AvgIpc) is 3.28. The predicted octanol–water partition coefficient (Wildman–Crippen LogP) is 5.03. The van der Waals surface area contributed by atoms with Crippen LogP contribution >= 0.6 is 11.3 Å². The minimum atomic E-state index is -2.94. The van der Waals surface area contributed by atoms with E-state index in [1.54, 1.807) is 18.2 Å². The maximum absolute atomic E-state index is 13.2. The fourth-order valence-electron chi connectivity index (χ4n) is 2.59. The summed E-state index contributed by atoms with van der Waals surface area (Å²) in [6.45, 7) is 1.71. The number of aromatic nitrogens is 3. The molecule has 11 heteroatoms. The molecule has 154 valence electrons. The van der Waals surface area contributed by atoms with Gasteiger partial charge in [-0.1, -0.05) is 0 Å². The van der Waals surface area contributed by atoms with Gasteiger partial charge in [0.1, 0.15) is 17.1 Å². The van der Waals surface area contributed by atoms with E-state index in [0.29, 0.717) is 28.1 Å². The van der Waals surface area contributed by atoms with Crippen LogP contribution in [0.3, 0.4) is 0 Å². The average molecular weight is 427 g/mol. The molecule has 0 aliphatic heterocycles. The van der Waals surface area contributed by atoms with Gasteiger partial charge >= 0.3 is 0 Å². The number of thiazole rings is 1. The minimum absolute atomic E-state index is 0.156. The highest BCUT2D eigenvalue weighted by molar-refractivity contribution is 7.13. The number of halogens is 4. The molecule has 2 aromatic heterocycles. The van der Waals surface area contributed by atoms with Gasteiger partial charge in [0.05, 0.1) is 25.6 Å². The monoisotopic (exact) mass is 427 g/mol. The van der Waals surface area contributed by atoms with Crippen molar-refractivity contribution < 1.29 is 22.3 Å². The van der Waals surface area contributed by atoms with Crippen molar-refractivity contribution in [1.29, 1.82) is 0 Å². The SMILES string of the molecule is COc1ccc(C=NNc2nc(C)cs2)cc1Cn1nc(C(F)F)cc1C(F)F. The molecule has 0 bridgehead atoms. The van der Waals surface area contributed by atoms with Gasteiger partial charge in [-0.15, -0.1) is 11.3 Å². The summed E-state index contributed by atoms with van der Waals surface area (Å²) in [5.74, 6) is 0.417. The fraction of sp³-hybridized carbons (Fsp3) is 0.278. The largest absolute Gasteiger partial charge is 0.496 e. The Hall–Kier alpha value is -2.95. The molecule has 0 aliphatic carbocycles. The molecule has 0 unspecified atom stereocenters. The lowest BCUT2D eigenvalue weighted by atomic mass is 10.1. The zero-order valence-electron chi connectivity index (χ0n) is 15.4. The third kappa shape index (κ3) is 5.11. The summed E-state index contributed by atoms with van der Waals surface area (Å²) in [7, 11) is 1.43. The number of aryl methyl sites for hydroxylation is 1. The number of nitrogens with zero attached hydrogens (tertiary/aromatic N) is 4. The molecule has 3 aromatic rings. The van der Waals surface area contributed by atoms with Crippen LogP contribution in [-0.4, -0.2) is 28.1 Å². The molecule has 0 saturated carbocycles. The molecular weight excluding hydrogens is 410 g/mol. The summed E-state index contributed by atoms with van der Waals surface area (Å²) >= 11 is 1.40. The number of methoxy groups -OCH3 is 1. The Kier molecular flexibility index (Phi) is 6.47. The van der Waals surface area contributed by atoms with Gasteiger partial charge in [-0.2, -0.15) is 10.2 Å². The van der Waals surface area contributed by atoms with Crippen molar-refractivity contribution in [3.63, 3.8) is 0 Å². The fourth-order valence-corrected chi connectivity index (χ4v) is 3.23. The highest BCUT2D eigenvalue weighted by Crippen LogP contribution is 2.27. The van der Waals surface area contributed by atoms with Crippen LogP contribution in [-0.2, 0) is 6.54 Å². The zero-order valence-corrected chi connectivity index (χ0v) is 16.3. The molecule has 0 fully saturated rings. The Bertz CT molecular complexity index is 1000. The number of hydrazone groups is 1. The third-order valence-electron chi connectivity index (χ3n) is 3.89. The first-order valence-corrected chi connectivity index (χ1v) is 9.27. The number of anilines is 1. The van der Waals surface area contributed by atoms with Crippen LogP contribution in [0.25, 0.3) is 0 Å². The molecule has 2 heterocycles. The van der Waals surface area contributed by atoms with E-state index in [1.165, 1.54) is 24.7 Å². The number of hydrogen-bond donors (Lipinski definition) is 1. The van der Waals surface area contributed by atoms with Crippen molar-refractivity contribution in [3.8, 4) is 5.75 Å². The number of benzene rings is 1. The molecule has 6 nitrogen and oxygen atoms in total. The van der Waals surface area contributed by atoms with Crippen LogP contribution < -0.4 is 10.2 Å². The molecular formula is C18H17F4N5OS. The zero-order chi connectivity index (χ0) is 21.0. The molecule has 1 N–H and O–H groups in total. The third-order valence-corrected chi connectivity index (χ3v) is 4.76. The molecule has 29 heavy (non-hydrogen) atoms. The Morgan fingerprint density at radius 1 is 1.24 bits per heavy atom. The first-order valence-electron chi connectivity index (χ1n) is 8.39. The van der Waals surface area contributed by atoms with Gasteiger partial charge in [-0.3, -0.25) is 10.1 Å². The van der Waals surface area contributed by atoms with Crippen LogP contribution in [0.1, 0.15) is 41.1 Å². The van der Waals surface area contributed by atoms with Gasteiger partial charge in [0, 0.05) is 10.9 Å². The van der Waals surface area contributed by atoms with Gasteiger partial charge in [0.25, 0.3) is 12.9 Å². The maximum atomic E-state index is 13.2. The van der Waals surface area contributed by atoms with E-state index in [1.807, 2.05) is 12.3 Å². The summed E-state index contributed by atoms with van der Waals surface area (Å²) in [5.41, 5.74) is 3.54. The summed E-state index contributed by atoms with van der Waals surface area (Å²) in [4.78, 5) is 4.22. The second-order valence-electron chi connectivity index (χ2n) is 5.99. The summed E-state index contributed by atoms with van der Waals surface area (Å²) in [5, 5.41) is 10.2. The van der Waals surface area contributed by atoms with Crippen LogP contribution in [0.15, 0.2) is 34.7 Å². The molecule has 0 aliphatic rings. The van der Waals surface area contributed by atoms with E-state index in [0.717, 1.165) is 10.4 Å². The highest BCUT2D eigenvalue weighted by atomic mass is 32.1. The van der Waals surface area contributed by atoms with E-state index in [4.69, 9.17) is 4.74 Å². The summed E-state index contributed by atoms with van der Waals surface area (Å²) < 4.78 is 58.3. The van der Waals surface area contributed by atoms with Gasteiger partial charge in [0.15, 0.2) is 0 Å². The van der Waals surface area contributed by atoms with Crippen LogP contribution in [0.4, 0.5) is 22.7 Å². The lowest BCUT2D eigenvalue weighted by Gasteiger charge is -2.12. The molecule has 0 radical (unpaired) electrons. The Morgan fingerprint density at radius 2 is 2.03 bits per heavy atom. The Balaban J connectivity index is 1.84. The molecule has 0 saturated heterocycles. The smallest absolute Gasteiger partial charge is 0.282 e. The van der Waals surface area contributed by atoms with Crippen molar-refractivity contribution in [1.82, 2.24) is 14.8 Å². The quantitative estimate of drug-likeness (QED) is 0.311. The van der Waals surface area contributed by atoms with Gasteiger partial charge < -0.3 is 4.74 Å². The van der Waals surface area contributed by atoms with Crippen LogP contribution in [0, 0.1) is 6.92 Å². The van der Waals surface area contributed by atoms with E-state index < -0.39 is 24.2 Å². The molecule has 3 rings (SSSR count). The van der Waals surface area contributed by atoms with Crippen LogP contribution in [0.5, 0.6) is 5.75 Å². The number of nitrogens with one attached hydrogen (secondary N) is 1. The van der Waals surface area contributed by atoms with E-state index in [2.05, 4.69) is 20.6 Å². The summed E-state index contributed by atoms with van der Waals surface area (Å²) in [6.07, 6.45) is -4.34. The maximum Gasteiger partial charge on any atom is 0.282 e. The van der Waals surface area contributed by atoms with E-state index in [9.17, 15) is 17.6 Å². The van der Waals surface area contributed by atoms with Crippen molar-refractivity contribution in [2.45, 2.75) is 26.3 Å². The normalized spacial score (nSPS) is 11.7. The molecule has 0 atom stereocenters. The van der Waals surface area contributed by atoms with Crippen LogP contribution in [0.2, 0.25) is 0 Å². The van der Waals surface area contributed by atoms with Gasteiger partial charge in [0.2, 0.25) is 5.13 Å². The second-order valence-corrected chi connectivity index (χ2v) is 6.85. The number of rotatable bonds is 8. The molecule has 0 spiro atoms. The van der Waals surface area contributed by atoms with E-state index >= 15 is 0 Å². The standard InChI is InChI=1S/C18H17F4N5OS/c1-10-9-29-18(24-10)25-23-7-11-3-4-15(28-2)12(5-11)8-27-14(17(21)22)6-13(26-27)16(19)20/h3-7,9,16-17H,8H2,1-2H3,(H,24,25). The number of alkyl halides is 4. The topological polar surface area (TPSA) is 64.3 Å². The van der Waals surface area contributed by atoms with Gasteiger partial charge in [-0.05, 0) is 36.8 Å². The highest BCUT2D eigenvalue weighted by Gasteiger charge is 2.22. The number of hydrogen-bond acceptors (Lipinski definition) is 6. The van der Waals surface area contributed by atoms with Crippen molar-refractivity contribution in [2.24, 2.45) is 5.10 Å². The van der Waals surface area contributed by atoms with Crippen molar-refractivity contribution in [2.75, 3.05) is 12.5 Å². The summed E-state index contributed by atoms with van der Waals surface area (Å²) in [6, 6.07) is 5.75. The minimum Gasteiger partial charge on any atom is -0.496 e. The van der Waals surface area contributed by atoms with Crippen molar-refractivity contribution >= 4 is 22.7 Å². The molecule has 1 aromatic carbocycles. The van der Waals surface area contributed by atoms with Gasteiger partial charge in [-0.25, -0.2) is 22.5 Å². The number of ether oxygens (including phenoxy) is 1.